The molecular weight excluding hydrogens is 238 g/mol. The Hall–Kier alpha value is -2.20. The highest BCUT2D eigenvalue weighted by molar-refractivity contribution is 5.74. The number of para-hydroxylation sites is 2. The summed E-state index contributed by atoms with van der Waals surface area (Å²) >= 11 is 0. The van der Waals surface area contributed by atoms with Crippen molar-refractivity contribution in [2.24, 2.45) is 0 Å². The quantitative estimate of drug-likeness (QED) is 0.780. The lowest BCUT2D eigenvalue weighted by molar-refractivity contribution is 0.157. The predicted octanol–water partition coefficient (Wildman–Crippen LogP) is 2.47. The van der Waals surface area contributed by atoms with E-state index in [1.54, 1.807) is 18.7 Å². The van der Waals surface area contributed by atoms with Crippen molar-refractivity contribution in [1.82, 2.24) is 14.5 Å². The molecular formula is C15H15N3O. The molecule has 0 saturated carbocycles. The van der Waals surface area contributed by atoms with E-state index in [-0.39, 0.29) is 0 Å². The fourth-order valence-electron chi connectivity index (χ4n) is 2.27. The third-order valence-electron chi connectivity index (χ3n) is 3.34. The average Bonchev–Trinajstić information content (AvgIpc) is 2.83. The van der Waals surface area contributed by atoms with Crippen molar-refractivity contribution in [3.63, 3.8) is 0 Å². The summed E-state index contributed by atoms with van der Waals surface area (Å²) < 4.78 is 1.96. The van der Waals surface area contributed by atoms with Gasteiger partial charge in [-0.3, -0.25) is 4.98 Å². The molecule has 0 aliphatic heterocycles. The molecule has 0 fully saturated rings. The number of aromatic nitrogens is 3. The van der Waals surface area contributed by atoms with E-state index < -0.39 is 6.10 Å². The van der Waals surface area contributed by atoms with Crippen LogP contribution in [0.4, 0.5) is 0 Å². The molecule has 3 rings (SSSR count). The molecule has 2 heterocycles. The zero-order valence-corrected chi connectivity index (χ0v) is 10.7. The molecule has 1 N–H and O–H groups in total. The van der Waals surface area contributed by atoms with Gasteiger partial charge in [-0.1, -0.05) is 12.1 Å². The summed E-state index contributed by atoms with van der Waals surface area (Å²) in [6.45, 7) is 2.46. The van der Waals surface area contributed by atoms with Crippen molar-refractivity contribution in [1.29, 1.82) is 0 Å². The number of fused-ring (bicyclic) bond motifs is 1. The summed E-state index contributed by atoms with van der Waals surface area (Å²) in [5.74, 6) is 0. The van der Waals surface area contributed by atoms with Crippen LogP contribution in [-0.4, -0.2) is 19.6 Å². The topological polar surface area (TPSA) is 50.9 Å². The van der Waals surface area contributed by atoms with Gasteiger partial charge in [-0.15, -0.1) is 0 Å². The van der Waals surface area contributed by atoms with Gasteiger partial charge in [-0.25, -0.2) is 4.98 Å². The summed E-state index contributed by atoms with van der Waals surface area (Å²) in [7, 11) is 0. The molecule has 2 aromatic heterocycles. The molecule has 96 valence electrons. The molecule has 0 radical (unpaired) electrons. The van der Waals surface area contributed by atoms with E-state index in [9.17, 15) is 5.11 Å². The first kappa shape index (κ1) is 11.9. The average molecular weight is 253 g/mol. The van der Waals surface area contributed by atoms with Crippen LogP contribution in [0.15, 0.2) is 49.1 Å². The van der Waals surface area contributed by atoms with Gasteiger partial charge in [0.05, 0.1) is 30.0 Å². The van der Waals surface area contributed by atoms with Gasteiger partial charge in [0.1, 0.15) is 0 Å². The zero-order valence-electron chi connectivity index (χ0n) is 10.7. The fraction of sp³-hybridized carbons (Fsp3) is 0.200. The van der Waals surface area contributed by atoms with E-state index in [4.69, 9.17) is 0 Å². The van der Waals surface area contributed by atoms with Gasteiger partial charge in [-0.05, 0) is 30.7 Å². The SMILES string of the molecule is Cc1ccncc1C(O)Cn1cnc2ccccc21. The Labute approximate surface area is 111 Å². The molecule has 0 aliphatic carbocycles. The van der Waals surface area contributed by atoms with Gasteiger partial charge in [0.15, 0.2) is 0 Å². The number of imidazole rings is 1. The molecule has 1 unspecified atom stereocenters. The lowest BCUT2D eigenvalue weighted by Crippen LogP contribution is -2.09. The molecule has 1 aromatic carbocycles. The Morgan fingerprint density at radius 3 is 2.95 bits per heavy atom. The van der Waals surface area contributed by atoms with Gasteiger partial charge in [-0.2, -0.15) is 0 Å². The normalized spacial score (nSPS) is 12.7. The van der Waals surface area contributed by atoms with Crippen LogP contribution < -0.4 is 0 Å². The Bertz CT molecular complexity index is 705. The zero-order chi connectivity index (χ0) is 13.2. The Kier molecular flexibility index (Phi) is 3.01. The maximum Gasteiger partial charge on any atom is 0.0986 e. The van der Waals surface area contributed by atoms with Crippen molar-refractivity contribution in [3.8, 4) is 0 Å². The minimum atomic E-state index is -0.577. The second-order valence-electron chi connectivity index (χ2n) is 4.63. The molecule has 0 saturated heterocycles. The van der Waals surface area contributed by atoms with Crippen molar-refractivity contribution in [2.45, 2.75) is 19.6 Å². The molecule has 0 aliphatic rings. The third-order valence-corrected chi connectivity index (χ3v) is 3.34. The van der Waals surface area contributed by atoms with E-state index in [0.29, 0.717) is 6.54 Å². The van der Waals surface area contributed by atoms with Crippen LogP contribution in [0.5, 0.6) is 0 Å². The number of aryl methyl sites for hydroxylation is 1. The van der Waals surface area contributed by atoms with Crippen molar-refractivity contribution in [3.05, 3.63) is 60.2 Å². The number of aliphatic hydroxyl groups is 1. The third kappa shape index (κ3) is 2.22. The molecule has 19 heavy (non-hydrogen) atoms. The maximum atomic E-state index is 10.3. The van der Waals surface area contributed by atoms with Crippen LogP contribution in [-0.2, 0) is 6.54 Å². The van der Waals surface area contributed by atoms with Crippen LogP contribution in [0, 0.1) is 6.92 Å². The van der Waals surface area contributed by atoms with Gasteiger partial charge in [0.25, 0.3) is 0 Å². The summed E-state index contributed by atoms with van der Waals surface area (Å²) in [4.78, 5) is 8.40. The van der Waals surface area contributed by atoms with E-state index in [1.807, 2.05) is 41.8 Å². The molecule has 0 bridgehead atoms. The fourth-order valence-corrected chi connectivity index (χ4v) is 2.27. The number of benzene rings is 1. The van der Waals surface area contributed by atoms with E-state index in [2.05, 4.69) is 9.97 Å². The van der Waals surface area contributed by atoms with Crippen LogP contribution >= 0.6 is 0 Å². The van der Waals surface area contributed by atoms with E-state index in [1.165, 1.54) is 0 Å². The standard InChI is InChI=1S/C15H15N3O/c1-11-6-7-16-8-12(11)15(19)9-18-10-17-13-4-2-3-5-14(13)18/h2-8,10,15,19H,9H2,1H3. The summed E-state index contributed by atoms with van der Waals surface area (Å²) in [6.07, 6.45) is 4.64. The van der Waals surface area contributed by atoms with Crippen molar-refractivity contribution >= 4 is 11.0 Å². The lowest BCUT2D eigenvalue weighted by Gasteiger charge is -2.14. The lowest BCUT2D eigenvalue weighted by atomic mass is 10.1. The highest BCUT2D eigenvalue weighted by Crippen LogP contribution is 2.20. The monoisotopic (exact) mass is 253 g/mol. The van der Waals surface area contributed by atoms with Crippen molar-refractivity contribution in [2.75, 3.05) is 0 Å². The summed E-state index contributed by atoms with van der Waals surface area (Å²) in [5.41, 5.74) is 3.88. The second kappa shape index (κ2) is 4.82. The first-order valence-electron chi connectivity index (χ1n) is 6.24. The summed E-state index contributed by atoms with van der Waals surface area (Å²) in [5, 5.41) is 10.3. The Morgan fingerprint density at radius 2 is 2.11 bits per heavy atom. The number of rotatable bonds is 3. The maximum absolute atomic E-state index is 10.3. The van der Waals surface area contributed by atoms with Crippen molar-refractivity contribution < 1.29 is 5.11 Å². The molecule has 1 atom stereocenters. The van der Waals surface area contributed by atoms with E-state index in [0.717, 1.165) is 22.2 Å². The Balaban J connectivity index is 1.91. The second-order valence-corrected chi connectivity index (χ2v) is 4.63. The van der Waals surface area contributed by atoms with Gasteiger partial charge >= 0.3 is 0 Å². The van der Waals surface area contributed by atoms with Crippen LogP contribution in [0.25, 0.3) is 11.0 Å². The van der Waals surface area contributed by atoms with E-state index >= 15 is 0 Å². The predicted molar refractivity (Wildman–Crippen MR) is 73.7 cm³/mol. The van der Waals surface area contributed by atoms with Crippen LogP contribution in [0.1, 0.15) is 17.2 Å². The minimum absolute atomic E-state index is 0.479. The first-order chi connectivity index (χ1) is 9.25. The first-order valence-corrected chi connectivity index (χ1v) is 6.24. The Morgan fingerprint density at radius 1 is 1.26 bits per heavy atom. The highest BCUT2D eigenvalue weighted by Gasteiger charge is 2.12. The van der Waals surface area contributed by atoms with Crippen LogP contribution in [0.2, 0.25) is 0 Å². The summed E-state index contributed by atoms with van der Waals surface area (Å²) in [6, 6.07) is 9.81. The number of hydrogen-bond donors (Lipinski definition) is 1. The largest absolute Gasteiger partial charge is 0.386 e. The van der Waals surface area contributed by atoms with Gasteiger partial charge in [0, 0.05) is 18.0 Å². The molecule has 3 aromatic rings. The molecule has 0 amide bonds. The number of hydrogen-bond acceptors (Lipinski definition) is 3. The molecule has 4 heteroatoms. The molecule has 0 spiro atoms. The van der Waals surface area contributed by atoms with Gasteiger partial charge in [0.2, 0.25) is 0 Å². The number of pyridine rings is 1. The number of aliphatic hydroxyl groups excluding tert-OH is 1. The molecule has 4 nitrogen and oxygen atoms in total. The minimum Gasteiger partial charge on any atom is -0.386 e. The highest BCUT2D eigenvalue weighted by atomic mass is 16.3. The van der Waals surface area contributed by atoms with Gasteiger partial charge < -0.3 is 9.67 Å². The smallest absolute Gasteiger partial charge is 0.0986 e. The van der Waals surface area contributed by atoms with Crippen LogP contribution in [0.3, 0.4) is 0 Å². The number of nitrogens with zero attached hydrogens (tertiary/aromatic N) is 3.